The molecule has 0 saturated carbocycles. The Balaban J connectivity index is 2.95. The van der Waals surface area contributed by atoms with Crippen LogP contribution in [0.4, 0.5) is 0 Å². The van der Waals surface area contributed by atoms with Crippen molar-refractivity contribution in [2.45, 2.75) is 72.8 Å². The molecule has 1 atom stereocenters. The minimum Gasteiger partial charge on any atom is -0.396 e. The molecule has 1 aromatic heterocycles. The first-order valence-corrected chi connectivity index (χ1v) is 12.9. The smallest absolute Gasteiger partial charge is 0.223 e. The van der Waals surface area contributed by atoms with Crippen LogP contribution in [-0.4, -0.2) is 45.2 Å². The largest absolute Gasteiger partial charge is 0.396 e. The number of aromatic nitrogens is 2. The predicted octanol–water partition coefficient (Wildman–Crippen LogP) is 6.56. The van der Waals surface area contributed by atoms with E-state index in [2.05, 4.69) is 49.6 Å². The molecule has 0 radical (unpaired) electrons. The molecule has 1 aromatic rings. The zero-order valence-corrected chi connectivity index (χ0v) is 23.3. The highest BCUT2D eigenvalue weighted by Crippen LogP contribution is 2.32. The molecule has 1 unspecified atom stereocenters. The molecule has 0 aliphatic carbocycles. The normalized spacial score (nSPS) is 14.9. The molecule has 36 heavy (non-hydrogen) atoms. The van der Waals surface area contributed by atoms with Gasteiger partial charge in [0.2, 0.25) is 5.91 Å². The van der Waals surface area contributed by atoms with Gasteiger partial charge in [-0.2, -0.15) is 0 Å². The van der Waals surface area contributed by atoms with E-state index in [9.17, 15) is 9.90 Å². The second-order valence-corrected chi connectivity index (χ2v) is 10.3. The Kier molecular flexibility index (Phi) is 13.2. The highest BCUT2D eigenvalue weighted by molar-refractivity contribution is 5.77. The lowest BCUT2D eigenvalue weighted by molar-refractivity contribution is -0.132. The van der Waals surface area contributed by atoms with Crippen molar-refractivity contribution in [3.05, 3.63) is 91.1 Å². The van der Waals surface area contributed by atoms with Crippen LogP contribution >= 0.6 is 0 Å². The van der Waals surface area contributed by atoms with Gasteiger partial charge >= 0.3 is 0 Å². The van der Waals surface area contributed by atoms with Gasteiger partial charge in [-0.3, -0.25) is 4.79 Å². The molecule has 0 fully saturated rings. The molecule has 1 heterocycles. The maximum Gasteiger partial charge on any atom is 0.223 e. The van der Waals surface area contributed by atoms with Crippen molar-refractivity contribution in [2.24, 2.45) is 5.41 Å². The van der Waals surface area contributed by atoms with Crippen LogP contribution in [0.15, 0.2) is 85.4 Å². The number of rotatable bonds is 16. The number of allylic oxidation sites excluding steroid dienone is 10. The van der Waals surface area contributed by atoms with E-state index in [1.807, 2.05) is 74.7 Å². The molecule has 0 bridgehead atoms. The van der Waals surface area contributed by atoms with Crippen LogP contribution in [0.3, 0.4) is 0 Å². The third-order valence-corrected chi connectivity index (χ3v) is 6.67. The SMILES string of the molecule is C=C/C=C\C(=C/C)CC(C)(CO)CCN(CC)C(=O)CC(C)(C)c1cncn1C/C(C=C)=C/C=C\C. The first-order valence-electron chi connectivity index (χ1n) is 12.9. The molecule has 1 rings (SSSR count). The number of amides is 1. The Morgan fingerprint density at radius 3 is 2.44 bits per heavy atom. The third-order valence-electron chi connectivity index (χ3n) is 6.67. The van der Waals surface area contributed by atoms with E-state index in [1.54, 1.807) is 6.08 Å². The molecule has 5 nitrogen and oxygen atoms in total. The van der Waals surface area contributed by atoms with Gasteiger partial charge in [-0.25, -0.2) is 4.98 Å². The van der Waals surface area contributed by atoms with Gasteiger partial charge in [0.05, 0.1) is 6.33 Å². The minimum atomic E-state index is -0.387. The highest BCUT2D eigenvalue weighted by atomic mass is 16.3. The fourth-order valence-corrected chi connectivity index (χ4v) is 4.22. The fourth-order valence-electron chi connectivity index (χ4n) is 4.22. The Hall–Kier alpha value is -2.92. The summed E-state index contributed by atoms with van der Waals surface area (Å²) >= 11 is 0. The third kappa shape index (κ3) is 9.62. The van der Waals surface area contributed by atoms with Crippen LogP contribution in [0.2, 0.25) is 0 Å². The number of carbonyl (C=O) groups excluding carboxylic acids is 1. The number of imidazole rings is 1. The zero-order valence-electron chi connectivity index (χ0n) is 23.3. The molecule has 5 heteroatoms. The maximum atomic E-state index is 13.4. The van der Waals surface area contributed by atoms with Crippen molar-refractivity contribution in [2.75, 3.05) is 19.7 Å². The predicted molar refractivity (Wildman–Crippen MR) is 153 cm³/mol. The van der Waals surface area contributed by atoms with E-state index >= 15 is 0 Å². The van der Waals surface area contributed by atoms with Gasteiger partial charge in [-0.05, 0) is 44.6 Å². The summed E-state index contributed by atoms with van der Waals surface area (Å²) in [5.41, 5.74) is 2.55. The van der Waals surface area contributed by atoms with Gasteiger partial charge in [-0.1, -0.05) is 88.1 Å². The molecule has 0 aliphatic rings. The van der Waals surface area contributed by atoms with Crippen LogP contribution < -0.4 is 0 Å². The number of aliphatic hydroxyl groups excluding tert-OH is 1. The second kappa shape index (κ2) is 15.2. The lowest BCUT2D eigenvalue weighted by Crippen LogP contribution is -2.39. The number of aliphatic hydroxyl groups is 1. The molecule has 1 amide bonds. The Labute approximate surface area is 219 Å². The van der Waals surface area contributed by atoms with E-state index < -0.39 is 0 Å². The Bertz CT molecular complexity index is 978. The fraction of sp³-hybridized carbons (Fsp3) is 0.484. The van der Waals surface area contributed by atoms with Crippen LogP contribution in [0, 0.1) is 5.41 Å². The molecular formula is C31H47N3O2. The van der Waals surface area contributed by atoms with Gasteiger partial charge in [0.15, 0.2) is 0 Å². The van der Waals surface area contributed by atoms with Crippen molar-refractivity contribution < 1.29 is 9.90 Å². The molecule has 0 spiro atoms. The van der Waals surface area contributed by atoms with Crippen LogP contribution in [0.25, 0.3) is 0 Å². The van der Waals surface area contributed by atoms with E-state index in [4.69, 9.17) is 0 Å². The quantitative estimate of drug-likeness (QED) is 0.266. The van der Waals surface area contributed by atoms with Crippen molar-refractivity contribution in [1.29, 1.82) is 0 Å². The summed E-state index contributed by atoms with van der Waals surface area (Å²) in [5.74, 6) is 0.113. The van der Waals surface area contributed by atoms with Gasteiger partial charge in [-0.15, -0.1) is 0 Å². The molecule has 0 aromatic carbocycles. The van der Waals surface area contributed by atoms with Crippen molar-refractivity contribution in [3.63, 3.8) is 0 Å². The summed E-state index contributed by atoms with van der Waals surface area (Å²) in [6.07, 6.45) is 21.2. The molecule has 0 saturated heterocycles. The van der Waals surface area contributed by atoms with E-state index in [0.29, 0.717) is 26.1 Å². The average molecular weight is 494 g/mol. The van der Waals surface area contributed by atoms with E-state index in [1.165, 1.54) is 0 Å². The number of hydrogen-bond donors (Lipinski definition) is 1. The summed E-state index contributed by atoms with van der Waals surface area (Å²) < 4.78 is 2.10. The van der Waals surface area contributed by atoms with Crippen LogP contribution in [0.1, 0.15) is 66.5 Å². The summed E-state index contributed by atoms with van der Waals surface area (Å²) in [6, 6.07) is 0. The summed E-state index contributed by atoms with van der Waals surface area (Å²) in [7, 11) is 0. The Morgan fingerprint density at radius 1 is 1.17 bits per heavy atom. The minimum absolute atomic E-state index is 0.0645. The van der Waals surface area contributed by atoms with Gasteiger partial charge in [0.1, 0.15) is 0 Å². The van der Waals surface area contributed by atoms with Crippen molar-refractivity contribution in [1.82, 2.24) is 14.5 Å². The summed E-state index contributed by atoms with van der Waals surface area (Å²) in [5, 5.41) is 10.2. The molecule has 198 valence electrons. The number of hydrogen-bond acceptors (Lipinski definition) is 3. The van der Waals surface area contributed by atoms with Crippen LogP contribution in [-0.2, 0) is 16.8 Å². The van der Waals surface area contributed by atoms with Gasteiger partial charge in [0, 0.05) is 50.0 Å². The number of nitrogens with zero attached hydrogens (tertiary/aromatic N) is 3. The second-order valence-electron chi connectivity index (χ2n) is 10.3. The first-order chi connectivity index (χ1) is 17.1. The highest BCUT2D eigenvalue weighted by Gasteiger charge is 2.31. The molecule has 0 aliphatic heterocycles. The summed E-state index contributed by atoms with van der Waals surface area (Å²) in [4.78, 5) is 19.7. The van der Waals surface area contributed by atoms with Gasteiger partial charge < -0.3 is 14.6 Å². The number of carbonyl (C=O) groups is 1. The van der Waals surface area contributed by atoms with Crippen molar-refractivity contribution in [3.8, 4) is 0 Å². The molecule has 1 N–H and O–H groups in total. The van der Waals surface area contributed by atoms with Gasteiger partial charge in [0.25, 0.3) is 0 Å². The monoisotopic (exact) mass is 493 g/mol. The standard InChI is InChI=1S/C31H47N3O2/c1-9-14-16-26(11-3)20-31(8,24-35)18-19-33(13-5)29(36)21-30(6,7)28-22-32-25-34(28)23-27(12-4)17-15-10-2/h9-12,14-17,22,25,35H,1,4,13,18-21,23-24H2,2-3,5-8H3/b15-10-,16-14-,26-11+,27-17+. The van der Waals surface area contributed by atoms with Crippen molar-refractivity contribution >= 4 is 5.91 Å². The topological polar surface area (TPSA) is 58.4 Å². The first kappa shape index (κ1) is 31.1. The lowest BCUT2D eigenvalue weighted by Gasteiger charge is -2.33. The van der Waals surface area contributed by atoms with E-state index in [0.717, 1.165) is 29.7 Å². The Morgan fingerprint density at radius 2 is 1.89 bits per heavy atom. The van der Waals surface area contributed by atoms with Crippen LogP contribution in [0.5, 0.6) is 0 Å². The average Bonchev–Trinajstić information content (AvgIpc) is 3.33. The maximum absolute atomic E-state index is 13.4. The van der Waals surface area contributed by atoms with E-state index in [-0.39, 0.29) is 23.3 Å². The zero-order chi connectivity index (χ0) is 27.2. The molecular weight excluding hydrogens is 446 g/mol. The summed E-state index contributed by atoms with van der Waals surface area (Å²) in [6.45, 7) is 21.9. The lowest BCUT2D eigenvalue weighted by atomic mass is 9.80.